The molecule has 0 heterocycles. The monoisotopic (exact) mass is 792 g/mol. The molecule has 0 aromatic rings. The van der Waals surface area contributed by atoms with Gasteiger partial charge in [0.25, 0.3) is 0 Å². The van der Waals surface area contributed by atoms with Crippen LogP contribution in [0.2, 0.25) is 0 Å². The molecule has 0 fully saturated rings. The van der Waals surface area contributed by atoms with E-state index in [1.54, 1.807) is 0 Å². The van der Waals surface area contributed by atoms with Crippen LogP contribution >= 0.6 is 7.82 Å². The van der Waals surface area contributed by atoms with Gasteiger partial charge in [-0.1, -0.05) is 194 Å². The molecular weight excluding hydrogens is 709 g/mol. The maximum Gasteiger partial charge on any atom is 0.472 e. The molecule has 54 heavy (non-hydrogen) atoms. The highest BCUT2D eigenvalue weighted by Gasteiger charge is 2.26. The number of carbonyl (C=O) groups excluding carboxylic acids is 2. The molecule has 0 radical (unpaired) electrons. The van der Waals surface area contributed by atoms with E-state index >= 15 is 0 Å². The minimum Gasteiger partial charge on any atom is -0.465 e. The van der Waals surface area contributed by atoms with Crippen molar-refractivity contribution in [2.75, 3.05) is 26.4 Å². The van der Waals surface area contributed by atoms with E-state index in [1.807, 2.05) is 5.32 Å². The molecule has 0 saturated carbocycles. The smallest absolute Gasteiger partial charge is 0.465 e. The number of amides is 1. The first-order chi connectivity index (χ1) is 26.2. The van der Waals surface area contributed by atoms with Crippen LogP contribution in [0, 0.1) is 0 Å². The van der Waals surface area contributed by atoms with Crippen molar-refractivity contribution in [1.82, 2.24) is 5.32 Å². The van der Waals surface area contributed by atoms with E-state index in [0.29, 0.717) is 12.8 Å². The van der Waals surface area contributed by atoms with Crippen LogP contribution < -0.4 is 5.32 Å². The molecule has 12 heteroatoms. The van der Waals surface area contributed by atoms with Crippen LogP contribution in [0.15, 0.2) is 0 Å². The zero-order valence-electron chi connectivity index (χ0n) is 34.6. The molecule has 3 N–H and O–H groups in total. The lowest BCUT2D eigenvalue weighted by Crippen LogP contribution is -2.30. The van der Waals surface area contributed by atoms with Crippen molar-refractivity contribution < 1.29 is 47.5 Å². The first-order valence-corrected chi connectivity index (χ1v) is 23.6. The van der Waals surface area contributed by atoms with Crippen LogP contribution in [0.4, 0.5) is 4.79 Å². The van der Waals surface area contributed by atoms with Gasteiger partial charge >= 0.3 is 25.9 Å². The third-order valence-corrected chi connectivity index (χ3v) is 10.7. The summed E-state index contributed by atoms with van der Waals surface area (Å²) in [6.07, 6.45) is 34.9. The lowest BCUT2D eigenvalue weighted by Gasteiger charge is -2.20. The van der Waals surface area contributed by atoms with Crippen molar-refractivity contribution in [3.05, 3.63) is 0 Å². The van der Waals surface area contributed by atoms with Gasteiger partial charge in [0.05, 0.1) is 13.2 Å². The van der Waals surface area contributed by atoms with Gasteiger partial charge < -0.3 is 24.8 Å². The van der Waals surface area contributed by atoms with Gasteiger partial charge in [-0.05, 0) is 12.8 Å². The number of ether oxygens (including phenoxy) is 2. The third-order valence-electron chi connectivity index (χ3n) is 9.75. The van der Waals surface area contributed by atoms with E-state index in [0.717, 1.165) is 38.5 Å². The van der Waals surface area contributed by atoms with Crippen LogP contribution in [0.1, 0.15) is 219 Å². The van der Waals surface area contributed by atoms with Crippen molar-refractivity contribution in [2.24, 2.45) is 0 Å². The van der Waals surface area contributed by atoms with Crippen molar-refractivity contribution in [2.45, 2.75) is 225 Å². The van der Waals surface area contributed by atoms with Crippen molar-refractivity contribution >= 4 is 25.9 Å². The van der Waals surface area contributed by atoms with Crippen LogP contribution in [-0.4, -0.2) is 60.5 Å². The summed E-state index contributed by atoms with van der Waals surface area (Å²) in [6, 6.07) is 0. The fourth-order valence-corrected chi connectivity index (χ4v) is 7.19. The third kappa shape index (κ3) is 40.0. The summed E-state index contributed by atoms with van der Waals surface area (Å²) in [4.78, 5) is 45.6. The Balaban J connectivity index is 4.28. The molecule has 0 aliphatic carbocycles. The molecule has 0 bridgehead atoms. The van der Waals surface area contributed by atoms with Gasteiger partial charge in [0, 0.05) is 19.4 Å². The largest absolute Gasteiger partial charge is 0.472 e. The number of esters is 2. The summed E-state index contributed by atoms with van der Waals surface area (Å²) in [5.74, 6) is -0.910. The Morgan fingerprint density at radius 3 is 1.24 bits per heavy atom. The topological polar surface area (TPSA) is 158 Å². The number of nitrogens with one attached hydrogen (secondary N) is 1. The molecule has 0 spiro atoms. The number of phosphoric acid groups is 1. The molecule has 0 aromatic heterocycles. The Kier molecular flexibility index (Phi) is 38.3. The Morgan fingerprint density at radius 2 is 0.870 bits per heavy atom. The highest BCUT2D eigenvalue weighted by Crippen LogP contribution is 2.43. The molecule has 320 valence electrons. The Morgan fingerprint density at radius 1 is 0.519 bits per heavy atom. The van der Waals surface area contributed by atoms with Gasteiger partial charge in [-0.2, -0.15) is 0 Å². The first kappa shape index (κ1) is 52.3. The zero-order valence-corrected chi connectivity index (χ0v) is 35.5. The lowest BCUT2D eigenvalue weighted by molar-refractivity contribution is -0.161. The van der Waals surface area contributed by atoms with Gasteiger partial charge in [0.15, 0.2) is 6.10 Å². The summed E-state index contributed by atoms with van der Waals surface area (Å²) in [5.41, 5.74) is 0. The molecular formula is C42H82NO10P. The van der Waals surface area contributed by atoms with E-state index in [4.69, 9.17) is 23.6 Å². The van der Waals surface area contributed by atoms with E-state index < -0.39 is 45.2 Å². The normalized spacial score (nSPS) is 13.0. The molecule has 0 aliphatic rings. The Hall–Kier alpha value is -1.68. The second-order valence-electron chi connectivity index (χ2n) is 15.0. The minimum absolute atomic E-state index is 0.190. The molecule has 0 saturated heterocycles. The van der Waals surface area contributed by atoms with Gasteiger partial charge in [-0.15, -0.1) is 0 Å². The van der Waals surface area contributed by atoms with Crippen molar-refractivity contribution in [3.63, 3.8) is 0 Å². The molecule has 0 rings (SSSR count). The average molecular weight is 792 g/mol. The van der Waals surface area contributed by atoms with E-state index in [2.05, 4.69) is 13.8 Å². The number of hydrogen-bond donors (Lipinski definition) is 3. The molecule has 0 aliphatic heterocycles. The Labute approximate surface area is 329 Å². The second kappa shape index (κ2) is 39.6. The van der Waals surface area contributed by atoms with Crippen molar-refractivity contribution in [3.8, 4) is 0 Å². The lowest BCUT2D eigenvalue weighted by atomic mass is 10.0. The maximum absolute atomic E-state index is 12.6. The summed E-state index contributed by atoms with van der Waals surface area (Å²) >= 11 is 0. The summed E-state index contributed by atoms with van der Waals surface area (Å²) in [5, 5.41) is 10.7. The van der Waals surface area contributed by atoms with Gasteiger partial charge in [0.1, 0.15) is 6.61 Å². The van der Waals surface area contributed by atoms with E-state index in [1.165, 1.54) is 141 Å². The SMILES string of the molecule is CCCCCCCCCCCCCCCCCC(=O)OC[C@H](COP(=O)(O)OCCNC(=O)O)OC(=O)CCCCCCCCCCCCCCCCC. The van der Waals surface area contributed by atoms with Crippen molar-refractivity contribution in [1.29, 1.82) is 0 Å². The van der Waals surface area contributed by atoms with E-state index in [-0.39, 0.29) is 26.0 Å². The Bertz CT molecular complexity index is 922. The van der Waals surface area contributed by atoms with Gasteiger partial charge in [-0.25, -0.2) is 9.36 Å². The maximum atomic E-state index is 12.6. The number of rotatable bonds is 42. The minimum atomic E-state index is -4.56. The number of phosphoric ester groups is 1. The van der Waals surface area contributed by atoms with Gasteiger partial charge in [-0.3, -0.25) is 18.6 Å². The zero-order chi connectivity index (χ0) is 39.8. The number of carboxylic acid groups (broad SMARTS) is 1. The predicted molar refractivity (Wildman–Crippen MR) is 218 cm³/mol. The molecule has 11 nitrogen and oxygen atoms in total. The summed E-state index contributed by atoms with van der Waals surface area (Å²) in [7, 11) is -4.56. The standard InChI is InChI=1S/C42H82NO10P/c1-3-5-7-9-11-13-15-17-19-21-23-25-27-29-31-33-40(44)50-37-39(38-52-54(48,49)51-36-35-43-42(46)47)53-41(45)34-32-30-28-26-24-22-20-18-16-14-12-10-8-6-4-2/h39,43H,3-38H2,1-2H3,(H,46,47)(H,48,49)/t39-/m1/s1. The highest BCUT2D eigenvalue weighted by molar-refractivity contribution is 7.47. The molecule has 2 atom stereocenters. The van der Waals surface area contributed by atoms with Crippen LogP contribution in [-0.2, 0) is 32.7 Å². The number of carbonyl (C=O) groups is 3. The second-order valence-corrected chi connectivity index (χ2v) is 16.5. The van der Waals surface area contributed by atoms with Gasteiger partial charge in [0.2, 0.25) is 0 Å². The van der Waals surface area contributed by atoms with E-state index in [9.17, 15) is 23.8 Å². The fourth-order valence-electron chi connectivity index (χ4n) is 6.43. The molecule has 1 amide bonds. The quantitative estimate of drug-likeness (QED) is 0.0309. The van der Waals surface area contributed by atoms with Crippen LogP contribution in [0.5, 0.6) is 0 Å². The summed E-state index contributed by atoms with van der Waals surface area (Å²) in [6.45, 7) is 3.08. The predicted octanol–water partition coefficient (Wildman–Crippen LogP) is 12.4. The molecule has 1 unspecified atom stereocenters. The molecule has 0 aromatic carbocycles. The average Bonchev–Trinajstić information content (AvgIpc) is 3.14. The van der Waals surface area contributed by atoms with Crippen LogP contribution in [0.3, 0.4) is 0 Å². The number of hydrogen-bond acceptors (Lipinski definition) is 8. The van der Waals surface area contributed by atoms with Crippen LogP contribution in [0.25, 0.3) is 0 Å². The highest BCUT2D eigenvalue weighted by atomic mass is 31.2. The fraction of sp³-hybridized carbons (Fsp3) is 0.929. The first-order valence-electron chi connectivity index (χ1n) is 22.1. The summed E-state index contributed by atoms with van der Waals surface area (Å²) < 4.78 is 32.9. The number of unbranched alkanes of at least 4 members (excludes halogenated alkanes) is 28.